The molecule has 1 unspecified atom stereocenters. The molecule has 6 nitrogen and oxygen atoms in total. The van der Waals surface area contributed by atoms with E-state index in [1.807, 2.05) is 13.1 Å². The van der Waals surface area contributed by atoms with E-state index in [1.165, 1.54) is 4.88 Å². The van der Waals surface area contributed by atoms with Crippen molar-refractivity contribution in [3.63, 3.8) is 0 Å². The maximum atomic E-state index is 11.8. The molecule has 0 aromatic carbocycles. The van der Waals surface area contributed by atoms with Crippen molar-refractivity contribution in [2.45, 2.75) is 26.3 Å². The highest BCUT2D eigenvalue weighted by Gasteiger charge is 2.17. The molecule has 1 atom stereocenters. The lowest BCUT2D eigenvalue weighted by Crippen LogP contribution is -2.26. The van der Waals surface area contributed by atoms with Crippen molar-refractivity contribution in [1.29, 1.82) is 0 Å². The number of carbonyl (C=O) groups is 1. The van der Waals surface area contributed by atoms with E-state index >= 15 is 0 Å². The second-order valence-electron chi connectivity index (χ2n) is 3.66. The van der Waals surface area contributed by atoms with E-state index in [2.05, 4.69) is 27.4 Å². The molecule has 1 amide bonds. The van der Waals surface area contributed by atoms with Crippen LogP contribution in [0.2, 0.25) is 0 Å². The van der Waals surface area contributed by atoms with Crippen LogP contribution in [0.4, 0.5) is 5.13 Å². The Labute approximate surface area is 112 Å². The van der Waals surface area contributed by atoms with Gasteiger partial charge in [0.25, 0.3) is 5.91 Å². The molecule has 0 bridgehead atoms. The molecular weight excluding hydrogens is 270 g/mol. The van der Waals surface area contributed by atoms with Crippen LogP contribution in [0.5, 0.6) is 0 Å². The molecular formula is C10H13N5OS2. The summed E-state index contributed by atoms with van der Waals surface area (Å²) in [6, 6.07) is -0.145. The Hall–Kier alpha value is -1.54. The van der Waals surface area contributed by atoms with Gasteiger partial charge in [0.15, 0.2) is 0 Å². The standard InChI is InChI=1S/C10H13N5OS2/c1-3-6-4-12-8(17-6)5(2)13-7(16)9-14-15-10(11)18-9/h4-5H,3H2,1-2H3,(H2,11,15)(H,13,16). The molecule has 8 heteroatoms. The summed E-state index contributed by atoms with van der Waals surface area (Å²) >= 11 is 2.67. The van der Waals surface area contributed by atoms with Gasteiger partial charge in [0, 0.05) is 11.1 Å². The van der Waals surface area contributed by atoms with E-state index < -0.39 is 0 Å². The lowest BCUT2D eigenvalue weighted by molar-refractivity contribution is 0.0938. The van der Waals surface area contributed by atoms with Crippen molar-refractivity contribution in [2.24, 2.45) is 0 Å². The molecule has 18 heavy (non-hydrogen) atoms. The largest absolute Gasteiger partial charge is 0.374 e. The minimum atomic E-state index is -0.273. The maximum absolute atomic E-state index is 11.8. The van der Waals surface area contributed by atoms with Crippen molar-refractivity contribution in [3.8, 4) is 0 Å². The van der Waals surface area contributed by atoms with Crippen LogP contribution >= 0.6 is 22.7 Å². The van der Waals surface area contributed by atoms with Gasteiger partial charge < -0.3 is 11.1 Å². The second kappa shape index (κ2) is 5.40. The summed E-state index contributed by atoms with van der Waals surface area (Å²) in [5.41, 5.74) is 5.43. The number of hydrogen-bond donors (Lipinski definition) is 2. The van der Waals surface area contributed by atoms with E-state index in [9.17, 15) is 4.79 Å². The van der Waals surface area contributed by atoms with Gasteiger partial charge >= 0.3 is 0 Å². The van der Waals surface area contributed by atoms with Crippen molar-refractivity contribution in [1.82, 2.24) is 20.5 Å². The van der Waals surface area contributed by atoms with Crippen LogP contribution in [0.3, 0.4) is 0 Å². The van der Waals surface area contributed by atoms with Crippen LogP contribution in [0.25, 0.3) is 0 Å². The average molecular weight is 283 g/mol. The molecule has 0 fully saturated rings. The Balaban J connectivity index is 2.02. The highest BCUT2D eigenvalue weighted by Crippen LogP contribution is 2.21. The average Bonchev–Trinajstić information content (AvgIpc) is 2.97. The highest BCUT2D eigenvalue weighted by molar-refractivity contribution is 7.16. The number of nitrogen functional groups attached to an aromatic ring is 1. The normalized spacial score (nSPS) is 12.3. The van der Waals surface area contributed by atoms with Crippen LogP contribution in [0.15, 0.2) is 6.20 Å². The smallest absolute Gasteiger partial charge is 0.282 e. The predicted molar refractivity (Wildman–Crippen MR) is 71.7 cm³/mol. The van der Waals surface area contributed by atoms with Gasteiger partial charge in [-0.3, -0.25) is 4.79 Å². The van der Waals surface area contributed by atoms with Gasteiger partial charge in [-0.1, -0.05) is 18.3 Å². The number of aryl methyl sites for hydroxylation is 1. The zero-order valence-corrected chi connectivity index (χ0v) is 11.6. The first-order valence-corrected chi connectivity index (χ1v) is 7.08. The number of carbonyl (C=O) groups excluding carboxylic acids is 1. The number of amides is 1. The Kier molecular flexibility index (Phi) is 3.87. The van der Waals surface area contributed by atoms with Gasteiger partial charge in [-0.05, 0) is 13.3 Å². The summed E-state index contributed by atoms with van der Waals surface area (Å²) in [5.74, 6) is -0.273. The van der Waals surface area contributed by atoms with Gasteiger partial charge in [0.2, 0.25) is 10.1 Å². The first kappa shape index (κ1) is 12.9. The molecule has 96 valence electrons. The van der Waals surface area contributed by atoms with Gasteiger partial charge in [0.1, 0.15) is 5.01 Å². The molecule has 0 aliphatic rings. The van der Waals surface area contributed by atoms with Crippen molar-refractivity contribution < 1.29 is 4.79 Å². The zero-order chi connectivity index (χ0) is 13.1. The van der Waals surface area contributed by atoms with E-state index in [4.69, 9.17) is 5.73 Å². The number of nitrogens with two attached hydrogens (primary N) is 1. The van der Waals surface area contributed by atoms with Crippen molar-refractivity contribution in [2.75, 3.05) is 5.73 Å². The van der Waals surface area contributed by atoms with Crippen molar-refractivity contribution in [3.05, 3.63) is 21.1 Å². The monoisotopic (exact) mass is 283 g/mol. The van der Waals surface area contributed by atoms with Gasteiger partial charge in [0.05, 0.1) is 6.04 Å². The SMILES string of the molecule is CCc1cnc(C(C)NC(=O)c2nnc(N)s2)s1. The van der Waals surface area contributed by atoms with Crippen LogP contribution in [-0.2, 0) is 6.42 Å². The molecule has 0 spiro atoms. The molecule has 0 saturated carbocycles. The molecule has 0 saturated heterocycles. The molecule has 3 N–H and O–H groups in total. The van der Waals surface area contributed by atoms with E-state index in [0.29, 0.717) is 0 Å². The summed E-state index contributed by atoms with van der Waals surface area (Å²) in [5, 5.41) is 11.6. The first-order chi connectivity index (χ1) is 8.60. The third-order valence-corrected chi connectivity index (χ3v) is 4.35. The van der Waals surface area contributed by atoms with Gasteiger partial charge in [-0.15, -0.1) is 21.5 Å². The molecule has 2 aromatic heterocycles. The number of thiazole rings is 1. The molecule has 2 rings (SSSR count). The van der Waals surface area contributed by atoms with Crippen LogP contribution in [0.1, 0.15) is 39.6 Å². The minimum absolute atomic E-state index is 0.145. The van der Waals surface area contributed by atoms with E-state index in [1.54, 1.807) is 11.3 Å². The topological polar surface area (TPSA) is 93.8 Å². The third kappa shape index (κ3) is 2.82. The fourth-order valence-electron chi connectivity index (χ4n) is 1.33. The number of nitrogens with zero attached hydrogens (tertiary/aromatic N) is 3. The minimum Gasteiger partial charge on any atom is -0.374 e. The van der Waals surface area contributed by atoms with Crippen LogP contribution < -0.4 is 11.1 Å². The molecule has 0 aliphatic heterocycles. The van der Waals surface area contributed by atoms with Gasteiger partial charge in [-0.2, -0.15) is 0 Å². The fraction of sp³-hybridized carbons (Fsp3) is 0.400. The number of hydrogen-bond acceptors (Lipinski definition) is 7. The number of anilines is 1. The Morgan fingerprint density at radius 3 is 2.83 bits per heavy atom. The molecule has 0 aliphatic carbocycles. The molecule has 0 radical (unpaired) electrons. The Morgan fingerprint density at radius 1 is 1.50 bits per heavy atom. The lowest BCUT2D eigenvalue weighted by atomic mass is 10.3. The Bertz CT molecular complexity index is 550. The summed E-state index contributed by atoms with van der Waals surface area (Å²) in [7, 11) is 0. The Morgan fingerprint density at radius 2 is 2.28 bits per heavy atom. The number of nitrogens with one attached hydrogen (secondary N) is 1. The van der Waals surface area contributed by atoms with E-state index in [0.717, 1.165) is 22.8 Å². The van der Waals surface area contributed by atoms with Gasteiger partial charge in [-0.25, -0.2) is 4.98 Å². The first-order valence-electron chi connectivity index (χ1n) is 5.44. The maximum Gasteiger partial charge on any atom is 0.282 e. The fourth-order valence-corrected chi connectivity index (χ4v) is 2.71. The zero-order valence-electron chi connectivity index (χ0n) is 10.0. The molecule has 2 aromatic rings. The summed E-state index contributed by atoms with van der Waals surface area (Å²) in [4.78, 5) is 17.3. The third-order valence-electron chi connectivity index (χ3n) is 2.27. The molecule has 2 heterocycles. The highest BCUT2D eigenvalue weighted by atomic mass is 32.1. The summed E-state index contributed by atoms with van der Waals surface area (Å²) in [6.45, 7) is 3.96. The number of aromatic nitrogens is 3. The lowest BCUT2D eigenvalue weighted by Gasteiger charge is -2.08. The number of rotatable bonds is 4. The quantitative estimate of drug-likeness (QED) is 0.889. The van der Waals surface area contributed by atoms with Crippen molar-refractivity contribution >= 4 is 33.7 Å². The predicted octanol–water partition coefficient (Wildman–Crippen LogP) is 1.63. The summed E-state index contributed by atoms with van der Waals surface area (Å²) < 4.78 is 0. The van der Waals surface area contributed by atoms with Crippen LogP contribution in [-0.4, -0.2) is 21.1 Å². The van der Waals surface area contributed by atoms with Crippen LogP contribution in [0, 0.1) is 0 Å². The van der Waals surface area contributed by atoms with E-state index in [-0.39, 0.29) is 22.1 Å². The second-order valence-corrected chi connectivity index (χ2v) is 5.81. The summed E-state index contributed by atoms with van der Waals surface area (Å²) in [6.07, 6.45) is 2.79.